The fourth-order valence-corrected chi connectivity index (χ4v) is 1.89. The summed E-state index contributed by atoms with van der Waals surface area (Å²) >= 11 is 5.02. The molecule has 0 aromatic rings. The van der Waals surface area contributed by atoms with Crippen LogP contribution in [0.4, 0.5) is 0 Å². The number of rotatable bonds is 3. The van der Waals surface area contributed by atoms with Gasteiger partial charge >= 0.3 is 0 Å². The van der Waals surface area contributed by atoms with E-state index in [1.807, 2.05) is 0 Å². The zero-order chi connectivity index (χ0) is 10.4. The van der Waals surface area contributed by atoms with Gasteiger partial charge in [0.2, 0.25) is 5.91 Å². The first-order valence-corrected chi connectivity index (χ1v) is 5.42. The van der Waals surface area contributed by atoms with E-state index < -0.39 is 5.91 Å². The van der Waals surface area contributed by atoms with Crippen molar-refractivity contribution in [1.82, 2.24) is 10.6 Å². The van der Waals surface area contributed by atoms with Crippen molar-refractivity contribution in [2.24, 2.45) is 5.73 Å². The summed E-state index contributed by atoms with van der Waals surface area (Å²) in [7, 11) is 0. The molecule has 0 atom stereocenters. The van der Waals surface area contributed by atoms with Crippen LogP contribution in [0.25, 0.3) is 0 Å². The van der Waals surface area contributed by atoms with Gasteiger partial charge in [0, 0.05) is 6.04 Å². The van der Waals surface area contributed by atoms with E-state index in [-0.39, 0.29) is 6.54 Å². The molecule has 1 amide bonds. The van der Waals surface area contributed by atoms with Crippen molar-refractivity contribution in [3.8, 4) is 0 Å². The Labute approximate surface area is 89.6 Å². The molecule has 1 rings (SSSR count). The average molecular weight is 215 g/mol. The average Bonchev–Trinajstić information content (AvgIpc) is 2.16. The van der Waals surface area contributed by atoms with Gasteiger partial charge in [-0.15, -0.1) is 0 Å². The molecule has 1 fully saturated rings. The standard InChI is InChI=1S/C9H17N3OS/c10-8(13)6-11-9(14)12-7-4-2-1-3-5-7/h7H,1-6H2,(H2,10,13)(H2,11,12,14). The van der Waals surface area contributed by atoms with Gasteiger partial charge < -0.3 is 16.4 Å². The van der Waals surface area contributed by atoms with E-state index in [4.69, 9.17) is 18.0 Å². The minimum absolute atomic E-state index is 0.110. The largest absolute Gasteiger partial charge is 0.368 e. The van der Waals surface area contributed by atoms with Crippen LogP contribution in [0, 0.1) is 0 Å². The van der Waals surface area contributed by atoms with Crippen molar-refractivity contribution < 1.29 is 4.79 Å². The van der Waals surface area contributed by atoms with Crippen LogP contribution >= 0.6 is 12.2 Å². The molecular formula is C9H17N3OS. The lowest BCUT2D eigenvalue weighted by atomic mass is 9.96. The number of amides is 1. The van der Waals surface area contributed by atoms with Gasteiger partial charge in [-0.3, -0.25) is 4.79 Å². The van der Waals surface area contributed by atoms with Crippen LogP contribution in [0.15, 0.2) is 0 Å². The lowest BCUT2D eigenvalue weighted by molar-refractivity contribution is -0.116. The second-order valence-electron chi connectivity index (χ2n) is 3.63. The third kappa shape index (κ3) is 4.41. The van der Waals surface area contributed by atoms with Crippen LogP contribution in [-0.2, 0) is 4.79 Å². The van der Waals surface area contributed by atoms with E-state index in [1.54, 1.807) is 0 Å². The molecule has 0 spiro atoms. The molecule has 0 aromatic heterocycles. The van der Waals surface area contributed by atoms with Crippen molar-refractivity contribution in [2.45, 2.75) is 38.1 Å². The number of carbonyl (C=O) groups is 1. The highest BCUT2D eigenvalue weighted by atomic mass is 32.1. The Morgan fingerprint density at radius 3 is 2.57 bits per heavy atom. The van der Waals surface area contributed by atoms with Crippen LogP contribution in [0.3, 0.4) is 0 Å². The molecule has 0 radical (unpaired) electrons. The fraction of sp³-hybridized carbons (Fsp3) is 0.778. The van der Waals surface area contributed by atoms with E-state index in [0.717, 1.165) is 0 Å². The lowest BCUT2D eigenvalue weighted by Crippen LogP contribution is -2.45. The van der Waals surface area contributed by atoms with Crippen LogP contribution < -0.4 is 16.4 Å². The SMILES string of the molecule is NC(=O)CNC(=S)NC1CCCCC1. The summed E-state index contributed by atoms with van der Waals surface area (Å²) in [5.74, 6) is -0.391. The Bertz CT molecular complexity index is 214. The second kappa shape index (κ2) is 5.80. The van der Waals surface area contributed by atoms with Gasteiger partial charge in [-0.05, 0) is 25.1 Å². The quantitative estimate of drug-likeness (QED) is 0.591. The highest BCUT2D eigenvalue weighted by molar-refractivity contribution is 7.80. The molecular weight excluding hydrogens is 198 g/mol. The summed E-state index contributed by atoms with van der Waals surface area (Å²) in [6, 6.07) is 0.469. The van der Waals surface area contributed by atoms with Crippen molar-refractivity contribution in [3.63, 3.8) is 0 Å². The molecule has 0 saturated heterocycles. The summed E-state index contributed by atoms with van der Waals surface area (Å²) in [5, 5.41) is 6.50. The van der Waals surface area contributed by atoms with Gasteiger partial charge in [0.05, 0.1) is 6.54 Å². The Hall–Kier alpha value is -0.840. The zero-order valence-corrected chi connectivity index (χ0v) is 9.03. The predicted molar refractivity (Wildman–Crippen MR) is 59.8 cm³/mol. The Balaban J connectivity index is 2.15. The van der Waals surface area contributed by atoms with Gasteiger partial charge in [-0.25, -0.2) is 0 Å². The Kier molecular flexibility index (Phi) is 4.65. The third-order valence-electron chi connectivity index (χ3n) is 2.36. The monoisotopic (exact) mass is 215 g/mol. The van der Waals surface area contributed by atoms with Crippen molar-refractivity contribution in [1.29, 1.82) is 0 Å². The van der Waals surface area contributed by atoms with Crippen LogP contribution in [0.2, 0.25) is 0 Å². The van der Waals surface area contributed by atoms with Gasteiger partial charge in [-0.1, -0.05) is 19.3 Å². The first kappa shape index (κ1) is 11.2. The molecule has 80 valence electrons. The highest BCUT2D eigenvalue weighted by Gasteiger charge is 2.13. The number of nitrogens with one attached hydrogen (secondary N) is 2. The lowest BCUT2D eigenvalue weighted by Gasteiger charge is -2.24. The van der Waals surface area contributed by atoms with Gasteiger partial charge in [0.15, 0.2) is 5.11 Å². The third-order valence-corrected chi connectivity index (χ3v) is 2.63. The Morgan fingerprint density at radius 2 is 2.00 bits per heavy atom. The molecule has 4 nitrogen and oxygen atoms in total. The van der Waals surface area contributed by atoms with E-state index in [9.17, 15) is 4.79 Å². The van der Waals surface area contributed by atoms with E-state index in [0.29, 0.717) is 11.2 Å². The van der Waals surface area contributed by atoms with Gasteiger partial charge in [0.25, 0.3) is 0 Å². The molecule has 14 heavy (non-hydrogen) atoms. The first-order valence-electron chi connectivity index (χ1n) is 5.01. The number of carbonyl (C=O) groups excluding carboxylic acids is 1. The molecule has 0 unspecified atom stereocenters. The number of hydrogen-bond acceptors (Lipinski definition) is 2. The number of primary amides is 1. The van der Waals surface area contributed by atoms with Gasteiger partial charge in [0.1, 0.15) is 0 Å². The van der Waals surface area contributed by atoms with Crippen molar-refractivity contribution in [2.75, 3.05) is 6.54 Å². The smallest absolute Gasteiger partial charge is 0.236 e. The number of hydrogen-bond donors (Lipinski definition) is 3. The summed E-state index contributed by atoms with van der Waals surface area (Å²) in [5.41, 5.74) is 4.99. The van der Waals surface area contributed by atoms with Crippen molar-refractivity contribution in [3.05, 3.63) is 0 Å². The maximum Gasteiger partial charge on any atom is 0.236 e. The van der Waals surface area contributed by atoms with E-state index in [1.165, 1.54) is 32.1 Å². The maximum atomic E-state index is 10.5. The molecule has 0 heterocycles. The maximum absolute atomic E-state index is 10.5. The summed E-state index contributed by atoms with van der Waals surface area (Å²) in [4.78, 5) is 10.5. The van der Waals surface area contributed by atoms with Gasteiger partial charge in [-0.2, -0.15) is 0 Å². The first-order chi connectivity index (χ1) is 6.68. The van der Waals surface area contributed by atoms with Crippen molar-refractivity contribution >= 4 is 23.2 Å². The number of nitrogens with two attached hydrogens (primary N) is 1. The normalized spacial score (nSPS) is 17.4. The minimum atomic E-state index is -0.391. The minimum Gasteiger partial charge on any atom is -0.368 e. The Morgan fingerprint density at radius 1 is 1.36 bits per heavy atom. The number of thiocarbonyl (C=S) groups is 1. The van der Waals surface area contributed by atoms with Crippen LogP contribution in [-0.4, -0.2) is 23.6 Å². The molecule has 1 saturated carbocycles. The van der Waals surface area contributed by atoms with Crippen LogP contribution in [0.1, 0.15) is 32.1 Å². The second-order valence-corrected chi connectivity index (χ2v) is 4.04. The molecule has 4 N–H and O–H groups in total. The summed E-state index contributed by atoms with van der Waals surface area (Å²) in [6.45, 7) is 0.110. The summed E-state index contributed by atoms with van der Waals surface area (Å²) in [6.07, 6.45) is 6.17. The molecule has 0 aliphatic heterocycles. The fourth-order valence-electron chi connectivity index (χ4n) is 1.65. The molecule has 0 bridgehead atoms. The van der Waals surface area contributed by atoms with Crippen LogP contribution in [0.5, 0.6) is 0 Å². The van der Waals surface area contributed by atoms with E-state index in [2.05, 4.69) is 10.6 Å². The van der Waals surface area contributed by atoms with E-state index >= 15 is 0 Å². The highest BCUT2D eigenvalue weighted by Crippen LogP contribution is 2.16. The predicted octanol–water partition coefficient (Wildman–Crippen LogP) is 0.268. The summed E-state index contributed by atoms with van der Waals surface area (Å²) < 4.78 is 0. The molecule has 1 aliphatic carbocycles. The molecule has 0 aromatic carbocycles. The zero-order valence-electron chi connectivity index (χ0n) is 8.21. The molecule has 5 heteroatoms. The molecule has 1 aliphatic rings. The topological polar surface area (TPSA) is 67.2 Å².